The standard InChI is InChI=1S/C22H41NO/c1-5-6-7-8-9-10-11-12-13-14-15-16-17-18-19-22(2,24-4)20-21-23-3/h8-9,11-12,14-15,23H,5-7,10,13,16-21H2,1-4H3. The van der Waals surface area contributed by atoms with Crippen molar-refractivity contribution in [3.8, 4) is 0 Å². The molecule has 0 spiro atoms. The van der Waals surface area contributed by atoms with Crippen LogP contribution in [0.2, 0.25) is 0 Å². The molecule has 0 aliphatic carbocycles. The summed E-state index contributed by atoms with van der Waals surface area (Å²) in [5.74, 6) is 0. The molecule has 0 aliphatic rings. The van der Waals surface area contributed by atoms with Crippen molar-refractivity contribution >= 4 is 0 Å². The molecule has 0 amide bonds. The van der Waals surface area contributed by atoms with Crippen LogP contribution in [0.5, 0.6) is 0 Å². The van der Waals surface area contributed by atoms with Gasteiger partial charge < -0.3 is 10.1 Å². The van der Waals surface area contributed by atoms with E-state index >= 15 is 0 Å². The number of methoxy groups -OCH3 is 1. The van der Waals surface area contributed by atoms with E-state index in [9.17, 15) is 0 Å². The topological polar surface area (TPSA) is 21.3 Å². The minimum Gasteiger partial charge on any atom is -0.378 e. The first-order valence-electron chi connectivity index (χ1n) is 9.83. The molecule has 24 heavy (non-hydrogen) atoms. The Kier molecular flexibility index (Phi) is 16.4. The molecule has 0 heterocycles. The first kappa shape index (κ1) is 23.1. The number of rotatable bonds is 16. The lowest BCUT2D eigenvalue weighted by Gasteiger charge is -2.28. The molecule has 1 atom stereocenters. The maximum absolute atomic E-state index is 5.68. The van der Waals surface area contributed by atoms with Crippen LogP contribution in [0.3, 0.4) is 0 Å². The normalized spacial score (nSPS) is 15.0. The Morgan fingerprint density at radius 1 is 0.833 bits per heavy atom. The fraction of sp³-hybridized carbons (Fsp3) is 0.727. The second-order valence-electron chi connectivity index (χ2n) is 6.78. The maximum atomic E-state index is 5.68. The summed E-state index contributed by atoms with van der Waals surface area (Å²) in [6.07, 6.45) is 25.5. The van der Waals surface area contributed by atoms with Gasteiger partial charge in [-0.1, -0.05) is 62.6 Å². The molecule has 1 unspecified atom stereocenters. The first-order chi connectivity index (χ1) is 11.7. The van der Waals surface area contributed by atoms with E-state index in [0.29, 0.717) is 0 Å². The molecule has 0 saturated carbocycles. The second kappa shape index (κ2) is 17.0. The quantitative estimate of drug-likeness (QED) is 0.268. The van der Waals surface area contributed by atoms with E-state index in [0.717, 1.165) is 32.2 Å². The highest BCUT2D eigenvalue weighted by Gasteiger charge is 2.21. The van der Waals surface area contributed by atoms with Gasteiger partial charge in [-0.05, 0) is 65.5 Å². The van der Waals surface area contributed by atoms with Gasteiger partial charge in [0, 0.05) is 7.11 Å². The van der Waals surface area contributed by atoms with Crippen LogP contribution in [0.4, 0.5) is 0 Å². The van der Waals surface area contributed by atoms with Crippen molar-refractivity contribution in [2.45, 2.75) is 83.7 Å². The van der Waals surface area contributed by atoms with Crippen molar-refractivity contribution in [2.24, 2.45) is 0 Å². The number of ether oxygens (including phenoxy) is 1. The van der Waals surface area contributed by atoms with E-state index in [1.54, 1.807) is 0 Å². The maximum Gasteiger partial charge on any atom is 0.0662 e. The Morgan fingerprint density at radius 3 is 1.96 bits per heavy atom. The Morgan fingerprint density at radius 2 is 1.42 bits per heavy atom. The third-order valence-corrected chi connectivity index (χ3v) is 4.49. The molecule has 0 aromatic rings. The highest BCUT2D eigenvalue weighted by Crippen LogP contribution is 2.22. The predicted molar refractivity (Wildman–Crippen MR) is 109 cm³/mol. The van der Waals surface area contributed by atoms with Gasteiger partial charge in [-0.15, -0.1) is 0 Å². The third-order valence-electron chi connectivity index (χ3n) is 4.49. The summed E-state index contributed by atoms with van der Waals surface area (Å²) in [5, 5.41) is 3.21. The van der Waals surface area contributed by atoms with Crippen molar-refractivity contribution in [1.82, 2.24) is 5.32 Å². The van der Waals surface area contributed by atoms with Crippen LogP contribution in [0.15, 0.2) is 36.5 Å². The molecule has 0 aliphatic heterocycles. The fourth-order valence-corrected chi connectivity index (χ4v) is 2.58. The van der Waals surface area contributed by atoms with E-state index in [1.165, 1.54) is 38.5 Å². The van der Waals surface area contributed by atoms with E-state index in [1.807, 2.05) is 14.2 Å². The summed E-state index contributed by atoms with van der Waals surface area (Å²) < 4.78 is 5.68. The van der Waals surface area contributed by atoms with Gasteiger partial charge in [0.1, 0.15) is 0 Å². The molecule has 0 aromatic heterocycles. The zero-order valence-electron chi connectivity index (χ0n) is 16.7. The van der Waals surface area contributed by atoms with Gasteiger partial charge in [0.2, 0.25) is 0 Å². The van der Waals surface area contributed by atoms with Gasteiger partial charge in [0.15, 0.2) is 0 Å². The summed E-state index contributed by atoms with van der Waals surface area (Å²) in [5.41, 5.74) is 0.0279. The van der Waals surface area contributed by atoms with Crippen LogP contribution in [-0.4, -0.2) is 26.3 Å². The Labute approximate surface area is 151 Å². The lowest BCUT2D eigenvalue weighted by Crippen LogP contribution is -2.31. The third kappa shape index (κ3) is 14.7. The zero-order valence-corrected chi connectivity index (χ0v) is 16.7. The summed E-state index contributed by atoms with van der Waals surface area (Å²) in [7, 11) is 3.83. The van der Waals surface area contributed by atoms with Crippen LogP contribution in [0.1, 0.15) is 78.1 Å². The van der Waals surface area contributed by atoms with Crippen molar-refractivity contribution < 1.29 is 4.74 Å². The largest absolute Gasteiger partial charge is 0.378 e. The predicted octanol–water partition coefficient (Wildman–Crippen LogP) is 6.20. The molecule has 2 nitrogen and oxygen atoms in total. The molecule has 2 heteroatoms. The van der Waals surface area contributed by atoms with Crippen molar-refractivity contribution in [2.75, 3.05) is 20.7 Å². The lowest BCUT2D eigenvalue weighted by atomic mass is 9.94. The van der Waals surface area contributed by atoms with Gasteiger partial charge in [0.05, 0.1) is 5.60 Å². The number of hydrogen-bond donors (Lipinski definition) is 1. The van der Waals surface area contributed by atoms with E-state index in [-0.39, 0.29) is 5.60 Å². The van der Waals surface area contributed by atoms with Gasteiger partial charge in [-0.25, -0.2) is 0 Å². The average molecular weight is 336 g/mol. The van der Waals surface area contributed by atoms with Crippen LogP contribution in [-0.2, 0) is 4.74 Å². The van der Waals surface area contributed by atoms with Gasteiger partial charge >= 0.3 is 0 Å². The van der Waals surface area contributed by atoms with Gasteiger partial charge in [-0.2, -0.15) is 0 Å². The number of allylic oxidation sites excluding steroid dienone is 6. The summed E-state index contributed by atoms with van der Waals surface area (Å²) >= 11 is 0. The molecule has 0 fully saturated rings. The minimum atomic E-state index is 0.0279. The second-order valence-corrected chi connectivity index (χ2v) is 6.78. The van der Waals surface area contributed by atoms with Crippen molar-refractivity contribution in [3.63, 3.8) is 0 Å². The summed E-state index contributed by atoms with van der Waals surface area (Å²) in [4.78, 5) is 0. The molecule has 140 valence electrons. The van der Waals surface area contributed by atoms with E-state index < -0.39 is 0 Å². The van der Waals surface area contributed by atoms with Crippen molar-refractivity contribution in [1.29, 1.82) is 0 Å². The Hall–Kier alpha value is -0.860. The highest BCUT2D eigenvalue weighted by molar-refractivity contribution is 4.97. The average Bonchev–Trinajstić information content (AvgIpc) is 2.60. The molecule has 0 aromatic carbocycles. The van der Waals surface area contributed by atoms with Crippen LogP contribution in [0.25, 0.3) is 0 Å². The summed E-state index contributed by atoms with van der Waals surface area (Å²) in [6.45, 7) is 5.48. The van der Waals surface area contributed by atoms with Crippen LogP contribution < -0.4 is 5.32 Å². The monoisotopic (exact) mass is 335 g/mol. The molecule has 1 N–H and O–H groups in total. The van der Waals surface area contributed by atoms with Crippen molar-refractivity contribution in [3.05, 3.63) is 36.5 Å². The number of hydrogen-bond acceptors (Lipinski definition) is 2. The minimum absolute atomic E-state index is 0.0279. The smallest absolute Gasteiger partial charge is 0.0662 e. The number of unbranched alkanes of at least 4 members (excludes halogenated alkanes) is 4. The van der Waals surface area contributed by atoms with Gasteiger partial charge in [0.25, 0.3) is 0 Å². The molecular weight excluding hydrogens is 294 g/mol. The molecular formula is C22H41NO. The molecule has 0 bridgehead atoms. The van der Waals surface area contributed by atoms with E-state index in [2.05, 4.69) is 55.6 Å². The number of nitrogens with one attached hydrogen (secondary N) is 1. The molecule has 0 rings (SSSR count). The highest BCUT2D eigenvalue weighted by atomic mass is 16.5. The summed E-state index contributed by atoms with van der Waals surface area (Å²) in [6, 6.07) is 0. The molecule has 0 saturated heterocycles. The SMILES string of the molecule is CCCCC=CCC=CCC=CCCCCC(C)(CCNC)OC. The zero-order chi connectivity index (χ0) is 17.9. The Bertz CT molecular complexity index is 346. The first-order valence-corrected chi connectivity index (χ1v) is 9.83. The lowest BCUT2D eigenvalue weighted by molar-refractivity contribution is -0.00919. The van der Waals surface area contributed by atoms with Crippen LogP contribution in [0, 0.1) is 0 Å². The van der Waals surface area contributed by atoms with Crippen LogP contribution >= 0.6 is 0 Å². The van der Waals surface area contributed by atoms with Gasteiger partial charge in [-0.3, -0.25) is 0 Å². The Balaban J connectivity index is 3.60. The van der Waals surface area contributed by atoms with E-state index in [4.69, 9.17) is 4.74 Å². The molecule has 0 radical (unpaired) electrons. The fourth-order valence-electron chi connectivity index (χ4n) is 2.58.